The molecule has 0 saturated heterocycles. The molecule has 0 spiro atoms. The number of rotatable bonds is 7. The molecule has 2 aromatic carbocycles. The number of hydrogen-bond donors (Lipinski definition) is 2. The molecular formula is C24H24N2O5. The van der Waals surface area contributed by atoms with Crippen molar-refractivity contribution in [2.75, 3.05) is 20.3 Å². The van der Waals surface area contributed by atoms with Gasteiger partial charge in [-0.05, 0) is 55.7 Å². The molecule has 0 bridgehead atoms. The van der Waals surface area contributed by atoms with Gasteiger partial charge in [-0.2, -0.15) is 0 Å². The number of amides is 1. The molecule has 4 rings (SSSR count). The molecule has 0 radical (unpaired) electrons. The third kappa shape index (κ3) is 4.26. The fraction of sp³-hybridized carbons (Fsp3) is 0.250. The Morgan fingerprint density at radius 2 is 1.84 bits per heavy atom. The molecule has 2 aromatic heterocycles. The molecule has 4 aromatic rings. The van der Waals surface area contributed by atoms with Gasteiger partial charge in [-0.3, -0.25) is 4.79 Å². The van der Waals surface area contributed by atoms with Crippen molar-refractivity contribution in [2.24, 2.45) is 0 Å². The molecule has 31 heavy (non-hydrogen) atoms. The minimum atomic E-state index is -0.365. The fourth-order valence-corrected chi connectivity index (χ4v) is 3.55. The van der Waals surface area contributed by atoms with Crippen LogP contribution in [-0.4, -0.2) is 31.2 Å². The Labute approximate surface area is 179 Å². The van der Waals surface area contributed by atoms with Crippen molar-refractivity contribution in [3.05, 3.63) is 69.7 Å². The van der Waals surface area contributed by atoms with Crippen molar-refractivity contribution >= 4 is 27.8 Å². The molecule has 0 aliphatic rings. The van der Waals surface area contributed by atoms with Crippen molar-refractivity contribution < 1.29 is 18.7 Å². The van der Waals surface area contributed by atoms with Gasteiger partial charge in [0.05, 0.1) is 7.11 Å². The standard InChI is InChI=1S/C24H24N2O5/c1-14-15(2)24(28)31-22-11-18(5-6-19(14)22)30-13-23(27)25-9-8-16-12-26-21-10-17(29-3)4-7-20(16)21/h4-7,10-12,26H,8-9,13H2,1-3H3,(H,25,27). The third-order valence-electron chi connectivity index (χ3n) is 5.49. The molecule has 0 aliphatic carbocycles. The van der Waals surface area contributed by atoms with E-state index in [-0.39, 0.29) is 18.1 Å². The van der Waals surface area contributed by atoms with E-state index in [2.05, 4.69) is 10.3 Å². The Kier molecular flexibility index (Phi) is 5.66. The molecular weight excluding hydrogens is 396 g/mol. The number of H-pyrrole nitrogens is 1. The predicted molar refractivity (Wildman–Crippen MR) is 119 cm³/mol. The first-order valence-electron chi connectivity index (χ1n) is 10.0. The smallest absolute Gasteiger partial charge is 0.339 e. The topological polar surface area (TPSA) is 93.6 Å². The lowest BCUT2D eigenvalue weighted by Crippen LogP contribution is -2.30. The summed E-state index contributed by atoms with van der Waals surface area (Å²) in [5, 5.41) is 4.82. The van der Waals surface area contributed by atoms with Gasteiger partial charge in [0.15, 0.2) is 6.61 Å². The second-order valence-electron chi connectivity index (χ2n) is 7.41. The van der Waals surface area contributed by atoms with Crippen LogP contribution in [0, 0.1) is 13.8 Å². The van der Waals surface area contributed by atoms with Crippen LogP contribution in [0.3, 0.4) is 0 Å². The van der Waals surface area contributed by atoms with Gasteiger partial charge >= 0.3 is 5.63 Å². The second kappa shape index (κ2) is 8.55. The highest BCUT2D eigenvalue weighted by atomic mass is 16.5. The number of nitrogens with one attached hydrogen (secondary N) is 2. The Bertz CT molecular complexity index is 1320. The lowest BCUT2D eigenvalue weighted by molar-refractivity contribution is -0.123. The summed E-state index contributed by atoms with van der Waals surface area (Å²) in [5.41, 5.74) is 3.67. The molecule has 7 heteroatoms. The highest BCUT2D eigenvalue weighted by molar-refractivity contribution is 5.85. The van der Waals surface area contributed by atoms with E-state index in [1.807, 2.05) is 37.4 Å². The molecule has 0 atom stereocenters. The SMILES string of the molecule is COc1ccc2c(CCNC(=O)COc3ccc4c(C)c(C)c(=O)oc4c3)c[nH]c2c1. The predicted octanol–water partition coefficient (Wildman–Crippen LogP) is 3.64. The van der Waals surface area contributed by atoms with Gasteiger partial charge in [0.25, 0.3) is 5.91 Å². The maximum atomic E-state index is 12.2. The Morgan fingerprint density at radius 3 is 2.65 bits per heavy atom. The zero-order chi connectivity index (χ0) is 22.0. The minimum absolute atomic E-state index is 0.119. The quantitative estimate of drug-likeness (QED) is 0.445. The Balaban J connectivity index is 1.32. The van der Waals surface area contributed by atoms with Crippen molar-refractivity contribution in [3.63, 3.8) is 0 Å². The Morgan fingerprint density at radius 1 is 1.06 bits per heavy atom. The second-order valence-corrected chi connectivity index (χ2v) is 7.41. The van der Waals surface area contributed by atoms with Crippen LogP contribution in [0.25, 0.3) is 21.9 Å². The normalized spacial score (nSPS) is 11.1. The van der Waals surface area contributed by atoms with Crippen LogP contribution in [0.15, 0.2) is 51.8 Å². The molecule has 0 unspecified atom stereocenters. The van der Waals surface area contributed by atoms with Gasteiger partial charge in [-0.15, -0.1) is 0 Å². The molecule has 0 saturated carbocycles. The number of ether oxygens (including phenoxy) is 2. The van der Waals surface area contributed by atoms with Crippen molar-refractivity contribution in [3.8, 4) is 11.5 Å². The summed E-state index contributed by atoms with van der Waals surface area (Å²) in [6.45, 7) is 3.99. The summed E-state index contributed by atoms with van der Waals surface area (Å²) >= 11 is 0. The first kappa shape index (κ1) is 20.5. The number of aryl methyl sites for hydroxylation is 1. The van der Waals surface area contributed by atoms with Gasteiger partial charge in [0.2, 0.25) is 0 Å². The summed E-state index contributed by atoms with van der Waals surface area (Å²) in [6, 6.07) is 11.1. The fourth-order valence-electron chi connectivity index (χ4n) is 3.55. The third-order valence-corrected chi connectivity index (χ3v) is 5.49. The van der Waals surface area contributed by atoms with Crippen molar-refractivity contribution in [2.45, 2.75) is 20.3 Å². The first-order chi connectivity index (χ1) is 15.0. The average molecular weight is 420 g/mol. The van der Waals surface area contributed by atoms with Crippen LogP contribution in [0.1, 0.15) is 16.7 Å². The molecule has 2 heterocycles. The molecule has 1 amide bonds. The summed E-state index contributed by atoms with van der Waals surface area (Å²) in [7, 11) is 1.64. The number of carbonyl (C=O) groups excluding carboxylic acids is 1. The number of methoxy groups -OCH3 is 1. The maximum Gasteiger partial charge on any atom is 0.339 e. The van der Waals surface area contributed by atoms with E-state index in [4.69, 9.17) is 13.9 Å². The van der Waals surface area contributed by atoms with Crippen LogP contribution in [0.5, 0.6) is 11.5 Å². The summed E-state index contributed by atoms with van der Waals surface area (Å²) in [4.78, 5) is 27.3. The van der Waals surface area contributed by atoms with E-state index >= 15 is 0 Å². The Hall–Kier alpha value is -3.74. The molecule has 160 valence electrons. The number of aromatic nitrogens is 1. The number of fused-ring (bicyclic) bond motifs is 2. The average Bonchev–Trinajstić information content (AvgIpc) is 3.18. The van der Waals surface area contributed by atoms with E-state index in [9.17, 15) is 9.59 Å². The first-order valence-corrected chi connectivity index (χ1v) is 10.0. The maximum absolute atomic E-state index is 12.2. The van der Waals surface area contributed by atoms with Gasteiger partial charge < -0.3 is 24.2 Å². The highest BCUT2D eigenvalue weighted by Crippen LogP contribution is 2.24. The van der Waals surface area contributed by atoms with Crippen molar-refractivity contribution in [1.82, 2.24) is 10.3 Å². The number of carbonyl (C=O) groups is 1. The molecule has 0 aliphatic heterocycles. The van der Waals surface area contributed by atoms with Gasteiger partial charge in [0, 0.05) is 46.7 Å². The monoisotopic (exact) mass is 420 g/mol. The summed E-state index contributed by atoms with van der Waals surface area (Å²) in [6.07, 6.45) is 2.64. The lowest BCUT2D eigenvalue weighted by atomic mass is 10.1. The summed E-state index contributed by atoms with van der Waals surface area (Å²) < 4.78 is 16.1. The van der Waals surface area contributed by atoms with E-state index in [0.29, 0.717) is 29.9 Å². The zero-order valence-corrected chi connectivity index (χ0v) is 17.7. The van der Waals surface area contributed by atoms with Gasteiger partial charge in [-0.25, -0.2) is 4.79 Å². The van der Waals surface area contributed by atoms with Crippen LogP contribution < -0.4 is 20.4 Å². The van der Waals surface area contributed by atoms with E-state index in [0.717, 1.165) is 33.2 Å². The van der Waals surface area contributed by atoms with Crippen LogP contribution in [0.2, 0.25) is 0 Å². The van der Waals surface area contributed by atoms with Gasteiger partial charge in [-0.1, -0.05) is 0 Å². The van der Waals surface area contributed by atoms with Crippen LogP contribution in [0.4, 0.5) is 0 Å². The largest absolute Gasteiger partial charge is 0.497 e. The molecule has 2 N–H and O–H groups in total. The van der Waals surface area contributed by atoms with Crippen LogP contribution >= 0.6 is 0 Å². The number of benzene rings is 2. The minimum Gasteiger partial charge on any atom is -0.497 e. The van der Waals surface area contributed by atoms with Gasteiger partial charge in [0.1, 0.15) is 17.1 Å². The number of aromatic amines is 1. The van der Waals surface area contributed by atoms with Crippen LogP contribution in [-0.2, 0) is 11.2 Å². The van der Waals surface area contributed by atoms with E-state index in [1.165, 1.54) is 0 Å². The van der Waals surface area contributed by atoms with E-state index < -0.39 is 0 Å². The molecule has 0 fully saturated rings. The van der Waals surface area contributed by atoms with Crippen molar-refractivity contribution in [1.29, 1.82) is 0 Å². The number of hydrogen-bond acceptors (Lipinski definition) is 5. The van der Waals surface area contributed by atoms with E-state index in [1.54, 1.807) is 26.2 Å². The zero-order valence-electron chi connectivity index (χ0n) is 17.7. The summed E-state index contributed by atoms with van der Waals surface area (Å²) in [5.74, 6) is 1.05. The highest BCUT2D eigenvalue weighted by Gasteiger charge is 2.10. The molecule has 7 nitrogen and oxygen atoms in total. The lowest BCUT2D eigenvalue weighted by Gasteiger charge is -2.09.